The van der Waals surface area contributed by atoms with Crippen molar-refractivity contribution in [3.63, 3.8) is 0 Å². The van der Waals surface area contributed by atoms with Crippen LogP contribution < -0.4 is 5.32 Å². The molecule has 0 aromatic heterocycles. The highest BCUT2D eigenvalue weighted by molar-refractivity contribution is 6.04. The van der Waals surface area contributed by atoms with Crippen LogP contribution in [-0.4, -0.2) is 23.5 Å². The molecule has 0 spiro atoms. The Labute approximate surface area is 96.4 Å². The van der Waals surface area contributed by atoms with Gasteiger partial charge < -0.3 is 10.4 Å². The maximum absolute atomic E-state index is 11.6. The molecule has 16 heavy (non-hydrogen) atoms. The van der Waals surface area contributed by atoms with Crippen molar-refractivity contribution in [1.29, 1.82) is 0 Å². The van der Waals surface area contributed by atoms with Crippen molar-refractivity contribution in [3.8, 4) is 0 Å². The molecule has 2 N–H and O–H groups in total. The molecule has 1 aliphatic rings. The number of rotatable bonds is 5. The molecule has 0 unspecified atom stereocenters. The number of carbonyl (C=O) groups is 2. The topological polar surface area (TPSA) is 66.4 Å². The summed E-state index contributed by atoms with van der Waals surface area (Å²) in [6, 6.07) is 0. The van der Waals surface area contributed by atoms with Crippen LogP contribution in [0.5, 0.6) is 0 Å². The van der Waals surface area contributed by atoms with Crippen LogP contribution in [0.25, 0.3) is 0 Å². The summed E-state index contributed by atoms with van der Waals surface area (Å²) in [6.45, 7) is 7.02. The fourth-order valence-electron chi connectivity index (χ4n) is 1.65. The fraction of sp³-hybridized carbons (Fsp3) is 0.833. The molecular formula is C12H21NO3. The Bertz CT molecular complexity index is 287. The highest BCUT2D eigenvalue weighted by Gasteiger charge is 2.56. The first-order valence-corrected chi connectivity index (χ1v) is 5.80. The van der Waals surface area contributed by atoms with Crippen LogP contribution in [0.15, 0.2) is 0 Å². The average molecular weight is 227 g/mol. The molecule has 4 heteroatoms. The summed E-state index contributed by atoms with van der Waals surface area (Å²) >= 11 is 0. The second-order valence-corrected chi connectivity index (χ2v) is 5.81. The first-order valence-electron chi connectivity index (χ1n) is 5.80. The van der Waals surface area contributed by atoms with Gasteiger partial charge in [-0.05, 0) is 31.1 Å². The molecule has 92 valence electrons. The lowest BCUT2D eigenvalue weighted by Gasteiger charge is -2.18. The molecule has 1 amide bonds. The number of nitrogens with one attached hydrogen (secondary N) is 1. The molecule has 4 nitrogen and oxygen atoms in total. The Morgan fingerprint density at radius 1 is 1.31 bits per heavy atom. The lowest BCUT2D eigenvalue weighted by Crippen LogP contribution is -2.37. The van der Waals surface area contributed by atoms with Crippen LogP contribution in [0, 0.1) is 10.8 Å². The Morgan fingerprint density at radius 2 is 1.88 bits per heavy atom. The van der Waals surface area contributed by atoms with Gasteiger partial charge in [-0.15, -0.1) is 0 Å². The minimum atomic E-state index is -1.10. The number of aliphatic carboxylic acids is 1. The second-order valence-electron chi connectivity index (χ2n) is 5.81. The van der Waals surface area contributed by atoms with Crippen molar-refractivity contribution in [2.75, 3.05) is 6.54 Å². The maximum Gasteiger partial charge on any atom is 0.319 e. The van der Waals surface area contributed by atoms with Crippen molar-refractivity contribution in [2.24, 2.45) is 10.8 Å². The summed E-state index contributed by atoms with van der Waals surface area (Å²) in [5.74, 6) is -1.30. The number of carboxylic acid groups (broad SMARTS) is 1. The monoisotopic (exact) mass is 227 g/mol. The van der Waals surface area contributed by atoms with E-state index in [0.29, 0.717) is 19.4 Å². The number of amides is 1. The van der Waals surface area contributed by atoms with E-state index < -0.39 is 11.4 Å². The van der Waals surface area contributed by atoms with E-state index in [1.54, 1.807) is 0 Å². The van der Waals surface area contributed by atoms with Crippen LogP contribution in [0.2, 0.25) is 0 Å². The van der Waals surface area contributed by atoms with Crippen LogP contribution >= 0.6 is 0 Å². The van der Waals surface area contributed by atoms with Gasteiger partial charge in [0.15, 0.2) is 0 Å². The van der Waals surface area contributed by atoms with Gasteiger partial charge in [0, 0.05) is 6.54 Å². The molecule has 0 aromatic carbocycles. The normalized spacial score (nSPS) is 17.9. The van der Waals surface area contributed by atoms with Gasteiger partial charge in [0.25, 0.3) is 0 Å². The molecule has 0 heterocycles. The fourth-order valence-corrected chi connectivity index (χ4v) is 1.65. The summed E-state index contributed by atoms with van der Waals surface area (Å²) in [5.41, 5.74) is -0.837. The third-order valence-electron chi connectivity index (χ3n) is 2.98. The molecule has 0 saturated heterocycles. The van der Waals surface area contributed by atoms with Gasteiger partial charge in [-0.25, -0.2) is 0 Å². The molecule has 0 aromatic rings. The first-order chi connectivity index (χ1) is 7.28. The van der Waals surface area contributed by atoms with Crippen molar-refractivity contribution in [3.05, 3.63) is 0 Å². The molecule has 1 rings (SSSR count). The summed E-state index contributed by atoms with van der Waals surface area (Å²) < 4.78 is 0. The summed E-state index contributed by atoms with van der Waals surface area (Å²) in [7, 11) is 0. The first kappa shape index (κ1) is 13.0. The third-order valence-corrected chi connectivity index (χ3v) is 2.98. The Hall–Kier alpha value is -1.06. The number of carbonyl (C=O) groups excluding carboxylic acids is 1. The molecule has 0 atom stereocenters. The molecule has 1 aliphatic carbocycles. The average Bonchev–Trinajstić information content (AvgIpc) is 2.90. The van der Waals surface area contributed by atoms with E-state index in [1.165, 1.54) is 0 Å². The van der Waals surface area contributed by atoms with Gasteiger partial charge in [-0.2, -0.15) is 0 Å². The van der Waals surface area contributed by atoms with E-state index in [0.717, 1.165) is 12.8 Å². The van der Waals surface area contributed by atoms with Crippen molar-refractivity contribution < 1.29 is 14.7 Å². The van der Waals surface area contributed by atoms with Gasteiger partial charge >= 0.3 is 5.97 Å². The zero-order chi connectivity index (χ0) is 12.4. The molecule has 0 aliphatic heterocycles. The minimum Gasteiger partial charge on any atom is -0.480 e. The SMILES string of the molecule is CC(C)(C)CCCNC(=O)C1(C(=O)O)CC1. The lowest BCUT2D eigenvalue weighted by atomic mass is 9.90. The smallest absolute Gasteiger partial charge is 0.319 e. The van der Waals surface area contributed by atoms with Crippen molar-refractivity contribution in [2.45, 2.75) is 46.5 Å². The standard InChI is InChI=1S/C12H21NO3/c1-11(2,3)5-4-8-13-9(14)12(6-7-12)10(15)16/h4-8H2,1-3H3,(H,13,14)(H,15,16). The lowest BCUT2D eigenvalue weighted by molar-refractivity contribution is -0.149. The van der Waals surface area contributed by atoms with Crippen LogP contribution in [-0.2, 0) is 9.59 Å². The Balaban J connectivity index is 2.24. The zero-order valence-electron chi connectivity index (χ0n) is 10.3. The number of hydrogen-bond acceptors (Lipinski definition) is 2. The van der Waals surface area contributed by atoms with Gasteiger partial charge in [0.1, 0.15) is 5.41 Å². The molecule has 1 saturated carbocycles. The maximum atomic E-state index is 11.6. The molecule has 0 bridgehead atoms. The van der Waals surface area contributed by atoms with Gasteiger partial charge in [-0.3, -0.25) is 9.59 Å². The van der Waals surface area contributed by atoms with E-state index in [-0.39, 0.29) is 11.3 Å². The highest BCUT2D eigenvalue weighted by atomic mass is 16.4. The van der Waals surface area contributed by atoms with Gasteiger partial charge in [0.05, 0.1) is 0 Å². The van der Waals surface area contributed by atoms with E-state index in [9.17, 15) is 9.59 Å². The molecular weight excluding hydrogens is 206 g/mol. The van der Waals surface area contributed by atoms with Gasteiger partial charge in [0.2, 0.25) is 5.91 Å². The number of carboxylic acids is 1. The van der Waals surface area contributed by atoms with Crippen LogP contribution in [0.4, 0.5) is 0 Å². The van der Waals surface area contributed by atoms with Crippen molar-refractivity contribution >= 4 is 11.9 Å². The Kier molecular flexibility index (Phi) is 3.61. The second kappa shape index (κ2) is 4.44. The van der Waals surface area contributed by atoms with Gasteiger partial charge in [-0.1, -0.05) is 20.8 Å². The number of hydrogen-bond donors (Lipinski definition) is 2. The zero-order valence-corrected chi connectivity index (χ0v) is 10.3. The van der Waals surface area contributed by atoms with E-state index >= 15 is 0 Å². The predicted octanol–water partition coefficient (Wildman–Crippen LogP) is 1.79. The Morgan fingerprint density at radius 3 is 2.25 bits per heavy atom. The van der Waals surface area contributed by atoms with E-state index in [4.69, 9.17) is 5.11 Å². The van der Waals surface area contributed by atoms with E-state index in [2.05, 4.69) is 26.1 Å². The van der Waals surface area contributed by atoms with Crippen molar-refractivity contribution in [1.82, 2.24) is 5.32 Å². The highest BCUT2D eigenvalue weighted by Crippen LogP contribution is 2.46. The van der Waals surface area contributed by atoms with Crippen LogP contribution in [0.3, 0.4) is 0 Å². The minimum absolute atomic E-state index is 0.259. The third kappa shape index (κ3) is 3.22. The largest absolute Gasteiger partial charge is 0.480 e. The molecule has 1 fully saturated rings. The summed E-state index contributed by atoms with van der Waals surface area (Å²) in [6.07, 6.45) is 2.87. The van der Waals surface area contributed by atoms with E-state index in [1.807, 2.05) is 0 Å². The summed E-state index contributed by atoms with van der Waals surface area (Å²) in [5, 5.41) is 11.6. The molecule has 0 radical (unpaired) electrons. The summed E-state index contributed by atoms with van der Waals surface area (Å²) in [4.78, 5) is 22.5. The quantitative estimate of drug-likeness (QED) is 0.556. The van der Waals surface area contributed by atoms with Crippen LogP contribution in [0.1, 0.15) is 46.5 Å². The predicted molar refractivity (Wildman–Crippen MR) is 61.0 cm³/mol.